The van der Waals surface area contributed by atoms with Gasteiger partial charge in [0, 0.05) is 26.1 Å². The van der Waals surface area contributed by atoms with Gasteiger partial charge in [-0.05, 0) is 13.3 Å². The summed E-state index contributed by atoms with van der Waals surface area (Å²) in [5.41, 5.74) is 0. The first-order valence-corrected chi connectivity index (χ1v) is 5.96. The lowest BCUT2D eigenvalue weighted by molar-refractivity contribution is -0.146. The van der Waals surface area contributed by atoms with Crippen molar-refractivity contribution in [3.05, 3.63) is 0 Å². The van der Waals surface area contributed by atoms with Gasteiger partial charge in [-0.1, -0.05) is 13.3 Å². The van der Waals surface area contributed by atoms with Crippen LogP contribution in [0.5, 0.6) is 0 Å². The first-order chi connectivity index (χ1) is 8.02. The Balaban J connectivity index is 3.86. The molecule has 0 aromatic carbocycles. The van der Waals surface area contributed by atoms with Crippen LogP contribution >= 0.6 is 0 Å². The molecule has 0 saturated heterocycles. The number of carboxylic acid groups (broad SMARTS) is 1. The molecule has 1 atom stereocenters. The van der Waals surface area contributed by atoms with Crippen LogP contribution in [0.3, 0.4) is 0 Å². The van der Waals surface area contributed by atoms with E-state index in [-0.39, 0.29) is 19.0 Å². The van der Waals surface area contributed by atoms with Crippen molar-refractivity contribution in [3.8, 4) is 0 Å². The van der Waals surface area contributed by atoms with E-state index in [0.717, 1.165) is 12.8 Å². The third-order valence-corrected chi connectivity index (χ3v) is 2.43. The van der Waals surface area contributed by atoms with Crippen LogP contribution in [-0.2, 0) is 4.79 Å². The van der Waals surface area contributed by atoms with E-state index in [2.05, 4.69) is 12.2 Å². The number of hydrogen-bond acceptors (Lipinski definition) is 3. The fourth-order valence-corrected chi connectivity index (χ4v) is 1.30. The molecule has 17 heavy (non-hydrogen) atoms. The average molecular weight is 246 g/mol. The molecule has 2 amide bonds. The van der Waals surface area contributed by atoms with Crippen molar-refractivity contribution in [3.63, 3.8) is 0 Å². The number of aliphatic carboxylic acids is 1. The third kappa shape index (κ3) is 6.78. The summed E-state index contributed by atoms with van der Waals surface area (Å²) in [6.07, 6.45) is 0.563. The second kappa shape index (κ2) is 8.81. The Bertz CT molecular complexity index is 246. The lowest BCUT2D eigenvalue weighted by Gasteiger charge is -2.21. The van der Waals surface area contributed by atoms with Crippen molar-refractivity contribution >= 4 is 12.0 Å². The lowest BCUT2D eigenvalue weighted by Crippen LogP contribution is -2.41. The Hall–Kier alpha value is -1.30. The maximum absolute atomic E-state index is 11.6. The Labute approximate surface area is 102 Å². The van der Waals surface area contributed by atoms with Gasteiger partial charge in [0.05, 0.1) is 0 Å². The fraction of sp³-hybridized carbons (Fsp3) is 0.818. The van der Waals surface area contributed by atoms with E-state index < -0.39 is 12.1 Å². The second-order valence-corrected chi connectivity index (χ2v) is 3.81. The first kappa shape index (κ1) is 15.7. The zero-order valence-electron chi connectivity index (χ0n) is 10.5. The van der Waals surface area contributed by atoms with E-state index >= 15 is 0 Å². The summed E-state index contributed by atoms with van der Waals surface area (Å²) >= 11 is 0. The standard InChI is InChI=1S/C11H22N2O4/c1-3-5-8-13(4-2)11(17)12-7-6-9(14)10(15)16/h9,14H,3-8H2,1-2H3,(H,12,17)(H,15,16)/t9-/m0/s1. The predicted molar refractivity (Wildman–Crippen MR) is 63.8 cm³/mol. The highest BCUT2D eigenvalue weighted by atomic mass is 16.4. The number of nitrogens with zero attached hydrogens (tertiary/aromatic N) is 1. The number of nitrogens with one attached hydrogen (secondary N) is 1. The van der Waals surface area contributed by atoms with Crippen molar-refractivity contribution < 1.29 is 19.8 Å². The number of carbonyl (C=O) groups is 2. The summed E-state index contributed by atoms with van der Waals surface area (Å²) in [7, 11) is 0. The lowest BCUT2D eigenvalue weighted by atomic mass is 10.2. The van der Waals surface area contributed by atoms with Crippen molar-refractivity contribution in [2.24, 2.45) is 0 Å². The highest BCUT2D eigenvalue weighted by Gasteiger charge is 2.14. The van der Waals surface area contributed by atoms with E-state index in [9.17, 15) is 9.59 Å². The molecule has 0 rings (SSSR count). The molecule has 6 heteroatoms. The number of amides is 2. The molecular formula is C11H22N2O4. The summed E-state index contributed by atoms with van der Waals surface area (Å²) in [4.78, 5) is 23.6. The van der Waals surface area contributed by atoms with E-state index in [1.807, 2.05) is 6.92 Å². The molecule has 0 spiro atoms. The Morgan fingerprint density at radius 1 is 1.35 bits per heavy atom. The number of aliphatic hydroxyl groups is 1. The van der Waals surface area contributed by atoms with Crippen LogP contribution in [-0.4, -0.2) is 52.9 Å². The maximum Gasteiger partial charge on any atom is 0.332 e. The smallest absolute Gasteiger partial charge is 0.332 e. The van der Waals surface area contributed by atoms with Crippen molar-refractivity contribution in [1.29, 1.82) is 0 Å². The second-order valence-electron chi connectivity index (χ2n) is 3.81. The number of unbranched alkanes of at least 4 members (excludes halogenated alkanes) is 1. The van der Waals surface area contributed by atoms with E-state index in [1.165, 1.54) is 0 Å². The summed E-state index contributed by atoms with van der Waals surface area (Å²) < 4.78 is 0. The molecule has 0 aliphatic heterocycles. The average Bonchev–Trinajstić information content (AvgIpc) is 2.29. The topological polar surface area (TPSA) is 89.9 Å². The first-order valence-electron chi connectivity index (χ1n) is 5.96. The van der Waals surface area contributed by atoms with Gasteiger partial charge in [0.1, 0.15) is 0 Å². The number of urea groups is 1. The molecule has 0 aliphatic rings. The summed E-state index contributed by atoms with van der Waals surface area (Å²) in [5, 5.41) is 20.0. The van der Waals surface area contributed by atoms with Crippen molar-refractivity contribution in [2.75, 3.05) is 19.6 Å². The molecule has 3 N–H and O–H groups in total. The minimum atomic E-state index is -1.42. The maximum atomic E-state index is 11.6. The van der Waals surface area contributed by atoms with Gasteiger partial charge in [0.25, 0.3) is 0 Å². The summed E-state index contributed by atoms with van der Waals surface area (Å²) in [5.74, 6) is -1.27. The fourth-order valence-electron chi connectivity index (χ4n) is 1.30. The van der Waals surface area contributed by atoms with Gasteiger partial charge in [-0.3, -0.25) is 0 Å². The largest absolute Gasteiger partial charge is 0.479 e. The number of carboxylic acids is 1. The molecule has 0 aromatic rings. The molecule has 0 heterocycles. The minimum Gasteiger partial charge on any atom is -0.479 e. The molecule has 100 valence electrons. The monoisotopic (exact) mass is 246 g/mol. The van der Waals surface area contributed by atoms with Gasteiger partial charge in [-0.2, -0.15) is 0 Å². The van der Waals surface area contributed by atoms with Gasteiger partial charge in [0.15, 0.2) is 6.10 Å². The van der Waals surface area contributed by atoms with Crippen LogP contribution in [0.25, 0.3) is 0 Å². The van der Waals surface area contributed by atoms with Gasteiger partial charge in [0.2, 0.25) is 0 Å². The SMILES string of the molecule is CCCCN(CC)C(=O)NCC[C@H](O)C(=O)O. The third-order valence-electron chi connectivity index (χ3n) is 2.43. The van der Waals surface area contributed by atoms with E-state index in [0.29, 0.717) is 13.1 Å². The Morgan fingerprint density at radius 2 is 2.00 bits per heavy atom. The zero-order valence-corrected chi connectivity index (χ0v) is 10.5. The van der Waals surface area contributed by atoms with E-state index in [1.54, 1.807) is 4.90 Å². The van der Waals surface area contributed by atoms with Crippen LogP contribution < -0.4 is 5.32 Å². The van der Waals surface area contributed by atoms with Crippen molar-refractivity contribution in [2.45, 2.75) is 39.2 Å². The molecule has 0 bridgehead atoms. The van der Waals surface area contributed by atoms with Crippen molar-refractivity contribution in [1.82, 2.24) is 10.2 Å². The highest BCUT2D eigenvalue weighted by molar-refractivity contribution is 5.74. The molecule has 0 radical (unpaired) electrons. The summed E-state index contributed by atoms with van der Waals surface area (Å²) in [6.45, 7) is 5.42. The quantitative estimate of drug-likeness (QED) is 0.586. The van der Waals surface area contributed by atoms with Gasteiger partial charge in [-0.25, -0.2) is 9.59 Å². The van der Waals surface area contributed by atoms with Gasteiger partial charge in [-0.15, -0.1) is 0 Å². The highest BCUT2D eigenvalue weighted by Crippen LogP contribution is 1.96. The summed E-state index contributed by atoms with van der Waals surface area (Å²) in [6, 6.07) is -0.210. The number of aliphatic hydroxyl groups excluding tert-OH is 1. The predicted octanol–water partition coefficient (Wildman–Crippen LogP) is 0.654. The molecular weight excluding hydrogens is 224 g/mol. The minimum absolute atomic E-state index is 0.0202. The number of hydrogen-bond donors (Lipinski definition) is 3. The number of rotatable bonds is 8. The van der Waals surface area contributed by atoms with Crippen LogP contribution in [0, 0.1) is 0 Å². The number of carbonyl (C=O) groups excluding carboxylic acids is 1. The van der Waals surface area contributed by atoms with Crippen LogP contribution in [0.2, 0.25) is 0 Å². The van der Waals surface area contributed by atoms with Crippen LogP contribution in [0.4, 0.5) is 4.79 Å². The molecule has 0 unspecified atom stereocenters. The van der Waals surface area contributed by atoms with E-state index in [4.69, 9.17) is 10.2 Å². The molecule has 0 aliphatic carbocycles. The van der Waals surface area contributed by atoms with Gasteiger partial charge >= 0.3 is 12.0 Å². The molecule has 0 saturated carbocycles. The molecule has 0 aromatic heterocycles. The molecule has 0 fully saturated rings. The zero-order chi connectivity index (χ0) is 13.3. The molecule has 6 nitrogen and oxygen atoms in total. The Morgan fingerprint density at radius 3 is 2.47 bits per heavy atom. The Kier molecular flexibility index (Phi) is 8.13. The normalized spacial score (nSPS) is 11.9. The van der Waals surface area contributed by atoms with Crippen LogP contribution in [0.1, 0.15) is 33.1 Å². The van der Waals surface area contributed by atoms with Crippen LogP contribution in [0.15, 0.2) is 0 Å². The van der Waals surface area contributed by atoms with Gasteiger partial charge < -0.3 is 20.4 Å².